The van der Waals surface area contributed by atoms with Gasteiger partial charge < -0.3 is 10.1 Å². The summed E-state index contributed by atoms with van der Waals surface area (Å²) in [5.74, 6) is -0.867. The number of rotatable bonds is 6. The number of ether oxygens (including phenoxy) is 1. The van der Waals surface area contributed by atoms with Crippen LogP contribution in [0.3, 0.4) is 0 Å². The van der Waals surface area contributed by atoms with E-state index in [4.69, 9.17) is 4.74 Å². The van der Waals surface area contributed by atoms with Gasteiger partial charge in [0.1, 0.15) is 12.4 Å². The molecule has 116 valence electrons. The minimum Gasteiger partial charge on any atom is -0.465 e. The van der Waals surface area contributed by atoms with Gasteiger partial charge in [0.25, 0.3) is 0 Å². The van der Waals surface area contributed by atoms with Crippen molar-refractivity contribution in [2.45, 2.75) is 19.9 Å². The van der Waals surface area contributed by atoms with Crippen molar-refractivity contribution in [2.24, 2.45) is 0 Å². The van der Waals surface area contributed by atoms with Crippen molar-refractivity contribution in [2.75, 3.05) is 11.9 Å². The lowest BCUT2D eigenvalue weighted by atomic mass is 10.1. The molecule has 0 saturated carbocycles. The molecular formula is C14H15FN4O3. The van der Waals surface area contributed by atoms with Crippen LogP contribution < -0.4 is 5.32 Å². The summed E-state index contributed by atoms with van der Waals surface area (Å²) in [6, 6.07) is 5.65. The van der Waals surface area contributed by atoms with Gasteiger partial charge in [-0.3, -0.25) is 9.59 Å². The minimum atomic E-state index is -0.434. The molecule has 1 amide bonds. The van der Waals surface area contributed by atoms with Crippen LogP contribution in [0.25, 0.3) is 0 Å². The molecule has 0 aliphatic rings. The van der Waals surface area contributed by atoms with Gasteiger partial charge in [0.15, 0.2) is 5.82 Å². The Morgan fingerprint density at radius 1 is 1.32 bits per heavy atom. The van der Waals surface area contributed by atoms with Crippen LogP contribution in [0, 0.1) is 5.82 Å². The molecule has 8 heteroatoms. The highest BCUT2D eigenvalue weighted by atomic mass is 19.1. The van der Waals surface area contributed by atoms with E-state index >= 15 is 0 Å². The molecule has 0 aliphatic carbocycles. The van der Waals surface area contributed by atoms with Gasteiger partial charge in [0, 0.05) is 0 Å². The van der Waals surface area contributed by atoms with Crippen LogP contribution in [0.2, 0.25) is 0 Å². The maximum atomic E-state index is 12.8. The first-order valence-corrected chi connectivity index (χ1v) is 6.67. The molecule has 0 saturated heterocycles. The molecule has 0 aliphatic heterocycles. The lowest BCUT2D eigenvalue weighted by Gasteiger charge is -2.02. The second-order valence-electron chi connectivity index (χ2n) is 4.46. The molecule has 1 aromatic carbocycles. The third-order valence-electron chi connectivity index (χ3n) is 2.68. The average molecular weight is 306 g/mol. The van der Waals surface area contributed by atoms with Crippen LogP contribution in [0.1, 0.15) is 12.5 Å². The van der Waals surface area contributed by atoms with Crippen molar-refractivity contribution in [1.29, 1.82) is 0 Å². The van der Waals surface area contributed by atoms with Crippen molar-refractivity contribution in [3.05, 3.63) is 41.8 Å². The van der Waals surface area contributed by atoms with Gasteiger partial charge >= 0.3 is 5.97 Å². The Morgan fingerprint density at radius 3 is 2.73 bits per heavy atom. The van der Waals surface area contributed by atoms with Crippen LogP contribution in [0.5, 0.6) is 0 Å². The number of esters is 1. The van der Waals surface area contributed by atoms with E-state index in [0.29, 0.717) is 5.56 Å². The Bertz CT molecular complexity index is 654. The van der Waals surface area contributed by atoms with Gasteiger partial charge in [-0.2, -0.15) is 0 Å². The summed E-state index contributed by atoms with van der Waals surface area (Å²) >= 11 is 0. The quantitative estimate of drug-likeness (QED) is 0.809. The second kappa shape index (κ2) is 7.30. The zero-order valence-corrected chi connectivity index (χ0v) is 12.0. The smallest absolute Gasteiger partial charge is 0.327 e. The predicted octanol–water partition coefficient (Wildman–Crippen LogP) is 1.16. The topological polar surface area (TPSA) is 86.1 Å². The number of hydrogen-bond acceptors (Lipinski definition) is 5. The fraction of sp³-hybridized carbons (Fsp3) is 0.286. The maximum Gasteiger partial charge on any atom is 0.327 e. The predicted molar refractivity (Wildman–Crippen MR) is 75.4 cm³/mol. The highest BCUT2D eigenvalue weighted by molar-refractivity contribution is 5.91. The van der Waals surface area contributed by atoms with Gasteiger partial charge in [-0.1, -0.05) is 17.3 Å². The zero-order chi connectivity index (χ0) is 15.9. The van der Waals surface area contributed by atoms with Crippen LogP contribution in [-0.2, 0) is 27.3 Å². The molecule has 1 heterocycles. The van der Waals surface area contributed by atoms with E-state index in [-0.39, 0.29) is 37.1 Å². The number of nitrogens with one attached hydrogen (secondary N) is 1. The van der Waals surface area contributed by atoms with E-state index < -0.39 is 5.97 Å². The van der Waals surface area contributed by atoms with Crippen LogP contribution >= 0.6 is 0 Å². The first kappa shape index (κ1) is 15.6. The van der Waals surface area contributed by atoms with E-state index in [1.54, 1.807) is 6.92 Å². The standard InChI is InChI=1S/C14H15FN4O3/c1-2-22-14(21)9-19-8-12(17-18-19)16-13(20)7-10-3-5-11(15)6-4-10/h3-6,8H,2,7,9H2,1H3,(H,16,20). The van der Waals surface area contributed by atoms with E-state index in [0.717, 1.165) is 0 Å². The monoisotopic (exact) mass is 306 g/mol. The highest BCUT2D eigenvalue weighted by Crippen LogP contribution is 2.06. The number of amides is 1. The zero-order valence-electron chi connectivity index (χ0n) is 12.0. The summed E-state index contributed by atoms with van der Waals surface area (Å²) in [5.41, 5.74) is 0.679. The Hall–Kier alpha value is -2.77. The summed E-state index contributed by atoms with van der Waals surface area (Å²) in [4.78, 5) is 23.1. The van der Waals surface area contributed by atoms with Gasteiger partial charge in [-0.25, -0.2) is 9.07 Å². The Labute approximate surface area is 126 Å². The number of hydrogen-bond donors (Lipinski definition) is 1. The van der Waals surface area contributed by atoms with E-state index in [9.17, 15) is 14.0 Å². The summed E-state index contributed by atoms with van der Waals surface area (Å²) in [7, 11) is 0. The molecule has 2 rings (SSSR count). The number of carbonyl (C=O) groups excluding carboxylic acids is 2. The third-order valence-corrected chi connectivity index (χ3v) is 2.68. The molecule has 7 nitrogen and oxygen atoms in total. The first-order chi connectivity index (χ1) is 10.6. The van der Waals surface area contributed by atoms with E-state index in [1.165, 1.54) is 35.1 Å². The second-order valence-corrected chi connectivity index (χ2v) is 4.46. The molecule has 1 N–H and O–H groups in total. The molecule has 0 unspecified atom stereocenters. The molecule has 22 heavy (non-hydrogen) atoms. The number of carbonyl (C=O) groups is 2. The maximum absolute atomic E-state index is 12.8. The van der Waals surface area contributed by atoms with Crippen LogP contribution in [0.15, 0.2) is 30.5 Å². The van der Waals surface area contributed by atoms with Gasteiger partial charge in [-0.15, -0.1) is 5.10 Å². The number of halogens is 1. The molecule has 0 atom stereocenters. The Morgan fingerprint density at radius 2 is 2.05 bits per heavy atom. The summed E-state index contributed by atoms with van der Waals surface area (Å²) in [6.07, 6.45) is 1.52. The molecule has 0 bridgehead atoms. The van der Waals surface area contributed by atoms with Crippen molar-refractivity contribution in [3.8, 4) is 0 Å². The number of nitrogens with zero attached hydrogens (tertiary/aromatic N) is 3. The lowest BCUT2D eigenvalue weighted by molar-refractivity contribution is -0.144. The largest absolute Gasteiger partial charge is 0.465 e. The third kappa shape index (κ3) is 4.65. The van der Waals surface area contributed by atoms with Crippen molar-refractivity contribution < 1.29 is 18.7 Å². The van der Waals surface area contributed by atoms with Gasteiger partial charge in [0.2, 0.25) is 5.91 Å². The van der Waals surface area contributed by atoms with Crippen molar-refractivity contribution in [1.82, 2.24) is 15.0 Å². The fourth-order valence-corrected chi connectivity index (χ4v) is 1.75. The van der Waals surface area contributed by atoms with Crippen LogP contribution in [-0.4, -0.2) is 33.5 Å². The van der Waals surface area contributed by atoms with Crippen LogP contribution in [0.4, 0.5) is 10.2 Å². The fourth-order valence-electron chi connectivity index (χ4n) is 1.75. The van der Waals surface area contributed by atoms with Crippen molar-refractivity contribution >= 4 is 17.7 Å². The SMILES string of the molecule is CCOC(=O)Cn1cc(NC(=O)Cc2ccc(F)cc2)nn1. The summed E-state index contributed by atoms with van der Waals surface area (Å²) in [6.45, 7) is 1.92. The number of aromatic nitrogens is 3. The van der Waals surface area contributed by atoms with E-state index in [2.05, 4.69) is 15.6 Å². The van der Waals surface area contributed by atoms with Gasteiger partial charge in [0.05, 0.1) is 19.2 Å². The first-order valence-electron chi connectivity index (χ1n) is 6.67. The molecule has 0 radical (unpaired) electrons. The van der Waals surface area contributed by atoms with Crippen molar-refractivity contribution in [3.63, 3.8) is 0 Å². The lowest BCUT2D eigenvalue weighted by Crippen LogP contribution is -2.15. The molecule has 0 spiro atoms. The van der Waals surface area contributed by atoms with E-state index in [1.807, 2.05) is 0 Å². The normalized spacial score (nSPS) is 10.3. The number of benzene rings is 1. The Balaban J connectivity index is 1.88. The molecule has 0 fully saturated rings. The number of anilines is 1. The molecular weight excluding hydrogens is 291 g/mol. The average Bonchev–Trinajstić information content (AvgIpc) is 2.88. The summed E-state index contributed by atoms with van der Waals surface area (Å²) < 4.78 is 18.8. The Kier molecular flexibility index (Phi) is 5.18. The molecule has 1 aromatic heterocycles. The molecule has 2 aromatic rings. The minimum absolute atomic E-state index is 0.0747. The summed E-state index contributed by atoms with van der Waals surface area (Å²) in [5, 5.41) is 10.0. The highest BCUT2D eigenvalue weighted by Gasteiger charge is 2.09. The van der Waals surface area contributed by atoms with Gasteiger partial charge in [-0.05, 0) is 24.6 Å².